The third kappa shape index (κ3) is 2.97. The van der Waals surface area contributed by atoms with Crippen molar-refractivity contribution in [2.24, 2.45) is 0 Å². The summed E-state index contributed by atoms with van der Waals surface area (Å²) < 4.78 is 5.08. The van der Waals surface area contributed by atoms with E-state index in [0.29, 0.717) is 37.5 Å². The number of rotatable bonds is 4. The van der Waals surface area contributed by atoms with E-state index in [4.69, 9.17) is 10.00 Å². The van der Waals surface area contributed by atoms with Crippen molar-refractivity contribution in [1.29, 1.82) is 5.26 Å². The van der Waals surface area contributed by atoms with E-state index in [9.17, 15) is 9.59 Å². The Morgan fingerprint density at radius 3 is 2.52 bits per heavy atom. The average Bonchev–Trinajstić information content (AvgIpc) is 2.52. The predicted molar refractivity (Wildman–Crippen MR) is 75.4 cm³/mol. The Morgan fingerprint density at radius 1 is 1.24 bits per heavy atom. The monoisotopic (exact) mass is 287 g/mol. The summed E-state index contributed by atoms with van der Waals surface area (Å²) >= 11 is 0. The van der Waals surface area contributed by atoms with Gasteiger partial charge in [0.25, 0.3) is 0 Å². The van der Waals surface area contributed by atoms with Gasteiger partial charge in [-0.2, -0.15) is 5.26 Å². The highest BCUT2D eigenvalue weighted by Crippen LogP contribution is 2.20. The quantitative estimate of drug-likeness (QED) is 0.766. The molecule has 1 aliphatic heterocycles. The Morgan fingerprint density at radius 2 is 1.90 bits per heavy atom. The second kappa shape index (κ2) is 6.27. The molecule has 1 aromatic carbocycles. The van der Waals surface area contributed by atoms with E-state index in [1.807, 2.05) is 6.92 Å². The number of hydrogen-bond donors (Lipinski definition) is 0. The van der Waals surface area contributed by atoms with E-state index < -0.39 is 11.8 Å². The average molecular weight is 287 g/mol. The van der Waals surface area contributed by atoms with Crippen LogP contribution in [0.25, 0.3) is 0 Å². The molecule has 0 spiro atoms. The molecule has 1 heterocycles. The SMILES string of the molecule is CCN1CCN(Cc2ccc(OC)c(C#N)c2)C(=O)C1=O. The fourth-order valence-corrected chi connectivity index (χ4v) is 2.33. The van der Waals surface area contributed by atoms with Crippen LogP contribution in [0.5, 0.6) is 5.75 Å². The molecule has 0 N–H and O–H groups in total. The zero-order valence-corrected chi connectivity index (χ0v) is 12.1. The molecule has 2 rings (SSSR count). The van der Waals surface area contributed by atoms with Crippen LogP contribution in [0.3, 0.4) is 0 Å². The van der Waals surface area contributed by atoms with Crippen molar-refractivity contribution in [2.45, 2.75) is 13.5 Å². The first kappa shape index (κ1) is 14.9. The standard InChI is InChI=1S/C15H17N3O3/c1-3-17-6-7-18(15(20)14(17)19)10-11-4-5-13(21-2)12(8-11)9-16/h4-5,8H,3,6-7,10H2,1-2H3. The molecule has 0 aliphatic carbocycles. The van der Waals surface area contributed by atoms with E-state index in [0.717, 1.165) is 5.56 Å². The second-order valence-corrected chi connectivity index (χ2v) is 4.76. The van der Waals surface area contributed by atoms with Crippen molar-refractivity contribution < 1.29 is 14.3 Å². The number of carbonyl (C=O) groups is 2. The lowest BCUT2D eigenvalue weighted by Gasteiger charge is -2.33. The number of amides is 2. The van der Waals surface area contributed by atoms with Gasteiger partial charge in [-0.25, -0.2) is 0 Å². The van der Waals surface area contributed by atoms with Crippen molar-refractivity contribution in [3.05, 3.63) is 29.3 Å². The van der Waals surface area contributed by atoms with Crippen molar-refractivity contribution in [2.75, 3.05) is 26.7 Å². The van der Waals surface area contributed by atoms with Crippen molar-refractivity contribution >= 4 is 11.8 Å². The highest BCUT2D eigenvalue weighted by Gasteiger charge is 2.31. The zero-order valence-electron chi connectivity index (χ0n) is 12.1. The number of nitriles is 1. The van der Waals surface area contributed by atoms with Crippen LogP contribution >= 0.6 is 0 Å². The normalized spacial score (nSPS) is 15.1. The number of likely N-dealkylation sites (N-methyl/N-ethyl adjacent to an activating group) is 1. The van der Waals surface area contributed by atoms with Crippen LogP contribution in [0, 0.1) is 11.3 Å². The van der Waals surface area contributed by atoms with Crippen LogP contribution in [0.4, 0.5) is 0 Å². The van der Waals surface area contributed by atoms with Gasteiger partial charge in [-0.15, -0.1) is 0 Å². The van der Waals surface area contributed by atoms with Gasteiger partial charge in [0.1, 0.15) is 11.8 Å². The minimum absolute atomic E-state index is 0.320. The summed E-state index contributed by atoms with van der Waals surface area (Å²) in [6.45, 7) is 3.76. The maximum Gasteiger partial charge on any atom is 0.312 e. The van der Waals surface area contributed by atoms with Gasteiger partial charge in [0.15, 0.2) is 0 Å². The number of piperazine rings is 1. The van der Waals surface area contributed by atoms with Gasteiger partial charge in [-0.05, 0) is 24.6 Å². The van der Waals surface area contributed by atoms with Crippen LogP contribution in [-0.4, -0.2) is 48.4 Å². The number of benzene rings is 1. The van der Waals surface area contributed by atoms with E-state index >= 15 is 0 Å². The predicted octanol–water partition coefficient (Wildman–Crippen LogP) is 0.758. The fraction of sp³-hybridized carbons (Fsp3) is 0.400. The molecule has 6 heteroatoms. The molecule has 1 fully saturated rings. The van der Waals surface area contributed by atoms with Gasteiger partial charge in [-0.3, -0.25) is 9.59 Å². The summed E-state index contributed by atoms with van der Waals surface area (Å²) in [6, 6.07) is 7.23. The van der Waals surface area contributed by atoms with Crippen molar-refractivity contribution in [3.63, 3.8) is 0 Å². The minimum atomic E-state index is -0.488. The lowest BCUT2D eigenvalue weighted by molar-refractivity contribution is -0.156. The molecule has 21 heavy (non-hydrogen) atoms. The maximum atomic E-state index is 12.0. The molecule has 0 saturated carbocycles. The molecule has 0 radical (unpaired) electrons. The molecule has 0 bridgehead atoms. The van der Waals surface area contributed by atoms with Gasteiger partial charge in [0.05, 0.1) is 12.7 Å². The lowest BCUT2D eigenvalue weighted by atomic mass is 10.1. The first-order valence-electron chi connectivity index (χ1n) is 6.76. The number of ether oxygens (including phenoxy) is 1. The lowest BCUT2D eigenvalue weighted by Crippen LogP contribution is -2.53. The van der Waals surface area contributed by atoms with Crippen LogP contribution < -0.4 is 4.74 Å². The Hall–Kier alpha value is -2.55. The maximum absolute atomic E-state index is 12.0. The number of nitrogens with zero attached hydrogens (tertiary/aromatic N) is 3. The molecular weight excluding hydrogens is 270 g/mol. The highest BCUT2D eigenvalue weighted by molar-refractivity contribution is 6.35. The van der Waals surface area contributed by atoms with E-state index in [-0.39, 0.29) is 0 Å². The minimum Gasteiger partial charge on any atom is -0.495 e. The topological polar surface area (TPSA) is 73.6 Å². The Balaban J connectivity index is 2.14. The Bertz CT molecular complexity index is 607. The molecule has 1 aliphatic rings. The molecule has 2 amide bonds. The first-order valence-corrected chi connectivity index (χ1v) is 6.76. The molecule has 110 valence electrons. The van der Waals surface area contributed by atoms with E-state index in [2.05, 4.69) is 6.07 Å². The van der Waals surface area contributed by atoms with Crippen molar-refractivity contribution in [1.82, 2.24) is 9.80 Å². The van der Waals surface area contributed by atoms with E-state index in [1.54, 1.807) is 18.2 Å². The third-order valence-electron chi connectivity index (χ3n) is 3.54. The molecule has 1 saturated heterocycles. The van der Waals surface area contributed by atoms with Crippen LogP contribution in [-0.2, 0) is 16.1 Å². The molecule has 0 unspecified atom stereocenters. The van der Waals surface area contributed by atoms with Gasteiger partial charge >= 0.3 is 11.8 Å². The van der Waals surface area contributed by atoms with Gasteiger partial charge in [0, 0.05) is 26.2 Å². The summed E-state index contributed by atoms with van der Waals surface area (Å²) in [4.78, 5) is 26.9. The Labute approximate surface area is 123 Å². The summed E-state index contributed by atoms with van der Waals surface area (Å²) in [6.07, 6.45) is 0. The molecule has 6 nitrogen and oxygen atoms in total. The first-order chi connectivity index (χ1) is 10.1. The third-order valence-corrected chi connectivity index (χ3v) is 3.54. The van der Waals surface area contributed by atoms with Gasteiger partial charge < -0.3 is 14.5 Å². The summed E-state index contributed by atoms with van der Waals surface area (Å²) in [5.41, 5.74) is 1.22. The summed E-state index contributed by atoms with van der Waals surface area (Å²) in [7, 11) is 1.50. The molecule has 0 atom stereocenters. The molecule has 1 aromatic rings. The zero-order chi connectivity index (χ0) is 15.4. The smallest absolute Gasteiger partial charge is 0.312 e. The second-order valence-electron chi connectivity index (χ2n) is 4.76. The van der Waals surface area contributed by atoms with Crippen LogP contribution in [0.15, 0.2) is 18.2 Å². The van der Waals surface area contributed by atoms with Crippen LogP contribution in [0.2, 0.25) is 0 Å². The van der Waals surface area contributed by atoms with E-state index in [1.165, 1.54) is 16.9 Å². The largest absolute Gasteiger partial charge is 0.495 e. The molecule has 0 aromatic heterocycles. The Kier molecular flexibility index (Phi) is 4.43. The van der Waals surface area contributed by atoms with Gasteiger partial charge in [-0.1, -0.05) is 6.07 Å². The van der Waals surface area contributed by atoms with Gasteiger partial charge in [0.2, 0.25) is 0 Å². The van der Waals surface area contributed by atoms with Crippen molar-refractivity contribution in [3.8, 4) is 11.8 Å². The summed E-state index contributed by atoms with van der Waals surface area (Å²) in [5, 5.41) is 9.07. The molecular formula is C15H17N3O3. The number of methoxy groups -OCH3 is 1. The number of hydrogen-bond acceptors (Lipinski definition) is 4. The fourth-order valence-electron chi connectivity index (χ4n) is 2.33. The number of carbonyl (C=O) groups excluding carboxylic acids is 2. The summed E-state index contributed by atoms with van der Waals surface area (Å²) in [5.74, 6) is -0.449. The highest BCUT2D eigenvalue weighted by atomic mass is 16.5. The van der Waals surface area contributed by atoms with Crippen LogP contribution in [0.1, 0.15) is 18.1 Å².